The molecule has 1 atom stereocenters. The van der Waals surface area contributed by atoms with Crippen molar-refractivity contribution >= 4 is 23.2 Å². The highest BCUT2D eigenvalue weighted by Crippen LogP contribution is 2.23. The van der Waals surface area contributed by atoms with Crippen LogP contribution in [0.15, 0.2) is 29.1 Å². The smallest absolute Gasteiger partial charge is 0.227 e. The van der Waals surface area contributed by atoms with E-state index in [1.54, 1.807) is 24.6 Å². The van der Waals surface area contributed by atoms with Crippen molar-refractivity contribution in [3.63, 3.8) is 0 Å². The van der Waals surface area contributed by atoms with Crippen molar-refractivity contribution in [2.24, 2.45) is 0 Å². The van der Waals surface area contributed by atoms with E-state index < -0.39 is 0 Å². The fourth-order valence-corrected chi connectivity index (χ4v) is 3.39. The summed E-state index contributed by atoms with van der Waals surface area (Å²) >= 11 is 1.59. The summed E-state index contributed by atoms with van der Waals surface area (Å²) in [7, 11) is 1.62. The zero-order valence-electron chi connectivity index (χ0n) is 12.4. The normalized spacial score (nSPS) is 17.1. The molecule has 0 fully saturated rings. The van der Waals surface area contributed by atoms with Gasteiger partial charge in [0.05, 0.1) is 31.1 Å². The largest absolute Gasteiger partial charge is 0.359 e. The van der Waals surface area contributed by atoms with E-state index in [1.165, 1.54) is 0 Å². The van der Waals surface area contributed by atoms with Crippen molar-refractivity contribution < 1.29 is 9.59 Å². The van der Waals surface area contributed by atoms with Gasteiger partial charge in [0.1, 0.15) is 0 Å². The van der Waals surface area contributed by atoms with Gasteiger partial charge in [0.25, 0.3) is 0 Å². The van der Waals surface area contributed by atoms with Crippen LogP contribution in [0.3, 0.4) is 0 Å². The summed E-state index contributed by atoms with van der Waals surface area (Å²) in [5.74, 6) is 0.0475. The van der Waals surface area contributed by atoms with Crippen molar-refractivity contribution in [3.05, 3.63) is 40.3 Å². The Morgan fingerprint density at radius 1 is 1.45 bits per heavy atom. The lowest BCUT2D eigenvalue weighted by atomic mass is 10.1. The Morgan fingerprint density at radius 3 is 3.05 bits per heavy atom. The highest BCUT2D eigenvalue weighted by molar-refractivity contribution is 7.07. The number of hydrogen-bond acceptors (Lipinski definition) is 4. The number of nitrogens with zero attached hydrogens (tertiary/aromatic N) is 3. The summed E-state index contributed by atoms with van der Waals surface area (Å²) in [4.78, 5) is 26.0. The highest BCUT2D eigenvalue weighted by Gasteiger charge is 2.29. The zero-order valence-corrected chi connectivity index (χ0v) is 13.2. The average molecular weight is 318 g/mol. The Morgan fingerprint density at radius 2 is 2.32 bits per heavy atom. The molecule has 0 bridgehead atoms. The third-order valence-electron chi connectivity index (χ3n) is 3.87. The second-order valence-electron chi connectivity index (χ2n) is 5.38. The predicted octanol–water partition coefficient (Wildman–Crippen LogP) is 1.21. The van der Waals surface area contributed by atoms with E-state index in [9.17, 15) is 9.59 Å². The highest BCUT2D eigenvalue weighted by atomic mass is 32.1. The van der Waals surface area contributed by atoms with Gasteiger partial charge in [-0.3, -0.25) is 14.3 Å². The Labute approximate surface area is 132 Å². The first kappa shape index (κ1) is 14.8. The molecular weight excluding hydrogens is 300 g/mol. The van der Waals surface area contributed by atoms with Crippen LogP contribution in [0, 0.1) is 0 Å². The van der Waals surface area contributed by atoms with E-state index in [0.29, 0.717) is 25.9 Å². The number of fused-ring (bicyclic) bond motifs is 1. The quantitative estimate of drug-likeness (QED) is 0.921. The molecule has 0 aliphatic carbocycles. The summed E-state index contributed by atoms with van der Waals surface area (Å²) in [5, 5.41) is 10.9. The van der Waals surface area contributed by atoms with Gasteiger partial charge in [0.2, 0.25) is 11.8 Å². The number of aromatic nitrogens is 2. The second kappa shape index (κ2) is 6.31. The summed E-state index contributed by atoms with van der Waals surface area (Å²) in [6.07, 6.45) is 2.46. The minimum atomic E-state index is -0.106. The van der Waals surface area contributed by atoms with Gasteiger partial charge in [-0.2, -0.15) is 16.4 Å². The maximum Gasteiger partial charge on any atom is 0.227 e. The summed E-state index contributed by atoms with van der Waals surface area (Å²) < 4.78 is 1.86. The van der Waals surface area contributed by atoms with E-state index in [2.05, 4.69) is 10.4 Å². The predicted molar refractivity (Wildman–Crippen MR) is 83.4 cm³/mol. The van der Waals surface area contributed by atoms with Crippen molar-refractivity contribution in [2.75, 3.05) is 13.6 Å². The Balaban J connectivity index is 1.74. The Bertz CT molecular complexity index is 665. The van der Waals surface area contributed by atoms with Crippen LogP contribution in [0.5, 0.6) is 0 Å². The summed E-state index contributed by atoms with van der Waals surface area (Å²) in [6, 6.07) is 3.77. The fraction of sp³-hybridized carbons (Fsp3) is 0.400. The van der Waals surface area contributed by atoms with Crippen molar-refractivity contribution in [3.8, 4) is 0 Å². The monoisotopic (exact) mass is 318 g/mol. The molecule has 1 aliphatic heterocycles. The van der Waals surface area contributed by atoms with Crippen molar-refractivity contribution in [1.29, 1.82) is 0 Å². The van der Waals surface area contributed by atoms with E-state index in [4.69, 9.17) is 0 Å². The van der Waals surface area contributed by atoms with Gasteiger partial charge in [0.15, 0.2) is 0 Å². The third kappa shape index (κ3) is 3.04. The fourth-order valence-electron chi connectivity index (χ4n) is 2.72. The molecule has 22 heavy (non-hydrogen) atoms. The molecule has 0 saturated heterocycles. The molecule has 2 aromatic rings. The van der Waals surface area contributed by atoms with E-state index in [-0.39, 0.29) is 17.9 Å². The first-order chi connectivity index (χ1) is 10.7. The lowest BCUT2D eigenvalue weighted by molar-refractivity contribution is -0.133. The first-order valence-electron chi connectivity index (χ1n) is 7.19. The van der Waals surface area contributed by atoms with E-state index >= 15 is 0 Å². The van der Waals surface area contributed by atoms with Crippen LogP contribution in [-0.4, -0.2) is 40.1 Å². The lowest BCUT2D eigenvalue weighted by Crippen LogP contribution is -2.43. The molecular formula is C15H18N4O2S. The van der Waals surface area contributed by atoms with Gasteiger partial charge in [-0.1, -0.05) is 0 Å². The average Bonchev–Trinajstić information content (AvgIpc) is 3.17. The molecule has 1 N–H and O–H groups in total. The molecule has 3 heterocycles. The van der Waals surface area contributed by atoms with Gasteiger partial charge in [0, 0.05) is 19.8 Å². The molecule has 0 unspecified atom stereocenters. The zero-order chi connectivity index (χ0) is 15.5. The topological polar surface area (TPSA) is 67.2 Å². The number of carbonyl (C=O) groups is 2. The number of amides is 2. The molecule has 1 aliphatic rings. The molecule has 0 radical (unpaired) electrons. The number of nitrogens with one attached hydrogen (secondary N) is 1. The molecule has 2 aromatic heterocycles. The molecule has 7 heteroatoms. The molecule has 0 spiro atoms. The van der Waals surface area contributed by atoms with Crippen LogP contribution in [0.4, 0.5) is 0 Å². The van der Waals surface area contributed by atoms with E-state index in [0.717, 1.165) is 11.3 Å². The van der Waals surface area contributed by atoms with Crippen LogP contribution in [0.2, 0.25) is 0 Å². The minimum absolute atomic E-state index is 0.0430. The number of rotatable bonds is 4. The van der Waals surface area contributed by atoms with Gasteiger partial charge >= 0.3 is 0 Å². The van der Waals surface area contributed by atoms with Crippen LogP contribution >= 0.6 is 11.3 Å². The second-order valence-corrected chi connectivity index (χ2v) is 6.16. The van der Waals surface area contributed by atoms with Crippen LogP contribution in [0.1, 0.15) is 23.7 Å². The van der Waals surface area contributed by atoms with Crippen LogP contribution in [-0.2, 0) is 22.6 Å². The van der Waals surface area contributed by atoms with Gasteiger partial charge < -0.3 is 10.2 Å². The van der Waals surface area contributed by atoms with Gasteiger partial charge in [-0.05, 0) is 28.5 Å². The number of thiophene rings is 1. The Kier molecular flexibility index (Phi) is 4.24. The van der Waals surface area contributed by atoms with E-state index in [1.807, 2.05) is 32.5 Å². The van der Waals surface area contributed by atoms with Crippen molar-refractivity contribution in [2.45, 2.75) is 25.4 Å². The SMILES string of the molecule is CNC(=O)C[C@H]1CN(C(=O)Cc2ccsc2)Cc2ccnn21. The summed E-state index contributed by atoms with van der Waals surface area (Å²) in [5.41, 5.74) is 2.01. The molecule has 3 rings (SSSR count). The summed E-state index contributed by atoms with van der Waals surface area (Å²) in [6.45, 7) is 1.07. The molecule has 6 nitrogen and oxygen atoms in total. The number of hydrogen-bond donors (Lipinski definition) is 1. The first-order valence-corrected chi connectivity index (χ1v) is 8.13. The van der Waals surface area contributed by atoms with Gasteiger partial charge in [-0.15, -0.1) is 0 Å². The van der Waals surface area contributed by atoms with Crippen molar-refractivity contribution in [1.82, 2.24) is 20.0 Å². The third-order valence-corrected chi connectivity index (χ3v) is 4.60. The maximum absolute atomic E-state index is 12.5. The maximum atomic E-state index is 12.5. The minimum Gasteiger partial charge on any atom is -0.359 e. The lowest BCUT2D eigenvalue weighted by Gasteiger charge is -2.33. The standard InChI is InChI=1S/C15H18N4O2S/c1-16-14(20)7-13-9-18(8-12-2-4-17-19(12)13)15(21)6-11-3-5-22-10-11/h2-5,10,13H,6-9H2,1H3,(H,16,20)/t13-/m0/s1. The van der Waals surface area contributed by atoms with Gasteiger partial charge in [-0.25, -0.2) is 0 Å². The molecule has 2 amide bonds. The molecule has 116 valence electrons. The Hall–Kier alpha value is -2.15. The van der Waals surface area contributed by atoms with Crippen LogP contribution in [0.25, 0.3) is 0 Å². The number of carbonyl (C=O) groups excluding carboxylic acids is 2. The van der Waals surface area contributed by atoms with Crippen LogP contribution < -0.4 is 5.32 Å². The molecule has 0 aromatic carbocycles. The molecule has 0 saturated carbocycles.